The number of hydrogen-bond acceptors (Lipinski definition) is 3. The van der Waals surface area contributed by atoms with Crippen LogP contribution in [0, 0.1) is 5.82 Å². The second kappa shape index (κ2) is 7.37. The van der Waals surface area contributed by atoms with Crippen LogP contribution in [0.5, 0.6) is 0 Å². The van der Waals surface area contributed by atoms with Crippen LogP contribution in [0.1, 0.15) is 30.7 Å². The Labute approximate surface area is 134 Å². The number of anilines is 1. The zero-order chi connectivity index (χ0) is 16.1. The summed E-state index contributed by atoms with van der Waals surface area (Å²) in [5.74, 6) is 0.0524. The number of nitrogens with one attached hydrogen (secondary N) is 2. The molecule has 3 rings (SSSR count). The number of piperidine rings is 1. The molecule has 1 aromatic heterocycles. The number of halogens is 1. The number of aromatic nitrogens is 2. The highest BCUT2D eigenvalue weighted by Gasteiger charge is 2.22. The van der Waals surface area contributed by atoms with Gasteiger partial charge < -0.3 is 10.2 Å². The summed E-state index contributed by atoms with van der Waals surface area (Å²) in [5, 5.41) is 9.61. The largest absolute Gasteiger partial charge is 0.326 e. The molecule has 5 nitrogen and oxygen atoms in total. The predicted molar refractivity (Wildman–Crippen MR) is 86.6 cm³/mol. The van der Waals surface area contributed by atoms with Gasteiger partial charge in [-0.3, -0.25) is 9.89 Å². The molecule has 122 valence electrons. The van der Waals surface area contributed by atoms with E-state index in [0.717, 1.165) is 32.5 Å². The molecular weight excluding hydrogens is 295 g/mol. The van der Waals surface area contributed by atoms with E-state index in [1.54, 1.807) is 12.1 Å². The maximum absolute atomic E-state index is 13.1. The lowest BCUT2D eigenvalue weighted by molar-refractivity contribution is -0.116. The molecule has 1 atom stereocenters. The molecule has 0 saturated carbocycles. The van der Waals surface area contributed by atoms with Crippen molar-refractivity contribution < 1.29 is 9.18 Å². The average molecular weight is 316 g/mol. The molecule has 1 unspecified atom stereocenters. The van der Waals surface area contributed by atoms with Crippen molar-refractivity contribution in [2.24, 2.45) is 0 Å². The van der Waals surface area contributed by atoms with Gasteiger partial charge in [-0.05, 0) is 49.1 Å². The van der Waals surface area contributed by atoms with E-state index in [2.05, 4.69) is 20.4 Å². The van der Waals surface area contributed by atoms with Crippen molar-refractivity contribution in [1.82, 2.24) is 15.1 Å². The molecule has 6 heteroatoms. The Bertz CT molecular complexity index is 644. The third-order valence-electron chi connectivity index (χ3n) is 4.26. The van der Waals surface area contributed by atoms with E-state index >= 15 is 0 Å². The van der Waals surface area contributed by atoms with E-state index in [1.807, 2.05) is 12.4 Å². The van der Waals surface area contributed by atoms with Crippen LogP contribution in [0.2, 0.25) is 0 Å². The van der Waals surface area contributed by atoms with Gasteiger partial charge in [0.1, 0.15) is 5.82 Å². The number of H-pyrrole nitrogens is 1. The predicted octanol–water partition coefficient (Wildman–Crippen LogP) is 2.76. The number of benzene rings is 1. The van der Waals surface area contributed by atoms with Crippen LogP contribution in [-0.4, -0.2) is 40.6 Å². The zero-order valence-corrected chi connectivity index (χ0v) is 13.0. The van der Waals surface area contributed by atoms with Gasteiger partial charge in [-0.25, -0.2) is 4.39 Å². The van der Waals surface area contributed by atoms with Gasteiger partial charge in [-0.2, -0.15) is 5.10 Å². The van der Waals surface area contributed by atoms with Crippen LogP contribution in [-0.2, 0) is 4.79 Å². The lowest BCUT2D eigenvalue weighted by atomic mass is 9.93. The summed E-state index contributed by atoms with van der Waals surface area (Å²) in [4.78, 5) is 14.3. The van der Waals surface area contributed by atoms with E-state index in [4.69, 9.17) is 0 Å². The average Bonchev–Trinajstić information content (AvgIpc) is 3.08. The number of aromatic amines is 1. The number of nitrogens with zero attached hydrogens (tertiary/aromatic N) is 2. The van der Waals surface area contributed by atoms with Gasteiger partial charge in [0.15, 0.2) is 0 Å². The number of hydrogen-bond donors (Lipinski definition) is 2. The number of carbonyl (C=O) groups excluding carboxylic acids is 1. The Balaban J connectivity index is 1.47. The molecule has 2 N–H and O–H groups in total. The highest BCUT2D eigenvalue weighted by atomic mass is 19.1. The van der Waals surface area contributed by atoms with Crippen LogP contribution in [0.3, 0.4) is 0 Å². The second-order valence-electron chi connectivity index (χ2n) is 5.98. The van der Waals surface area contributed by atoms with Gasteiger partial charge in [0.05, 0.1) is 6.20 Å². The maximum Gasteiger partial charge on any atom is 0.225 e. The Hall–Kier alpha value is -2.21. The molecule has 0 aliphatic carbocycles. The summed E-state index contributed by atoms with van der Waals surface area (Å²) < 4.78 is 13.1. The SMILES string of the molecule is O=C(CCN1CCCC(c2cn[nH]c2)C1)Nc1cccc(F)c1. The molecule has 1 amide bonds. The Morgan fingerprint density at radius 1 is 1.48 bits per heavy atom. The van der Waals surface area contributed by atoms with Crippen molar-refractivity contribution in [3.8, 4) is 0 Å². The minimum absolute atomic E-state index is 0.0824. The number of carbonyl (C=O) groups is 1. The van der Waals surface area contributed by atoms with Crippen molar-refractivity contribution in [1.29, 1.82) is 0 Å². The van der Waals surface area contributed by atoms with E-state index in [1.165, 1.54) is 17.7 Å². The van der Waals surface area contributed by atoms with Crippen LogP contribution in [0.4, 0.5) is 10.1 Å². The van der Waals surface area contributed by atoms with Crippen LogP contribution >= 0.6 is 0 Å². The van der Waals surface area contributed by atoms with Gasteiger partial charge in [0.25, 0.3) is 0 Å². The van der Waals surface area contributed by atoms with Gasteiger partial charge in [-0.15, -0.1) is 0 Å². The number of likely N-dealkylation sites (tertiary alicyclic amines) is 1. The van der Waals surface area contributed by atoms with Crippen molar-refractivity contribution in [2.75, 3.05) is 25.0 Å². The van der Waals surface area contributed by atoms with E-state index in [9.17, 15) is 9.18 Å². The first-order chi connectivity index (χ1) is 11.2. The molecular formula is C17H21FN4O. The fraction of sp³-hybridized carbons (Fsp3) is 0.412. The molecule has 1 aromatic carbocycles. The van der Waals surface area contributed by atoms with Crippen LogP contribution in [0.15, 0.2) is 36.7 Å². The van der Waals surface area contributed by atoms with E-state index in [-0.39, 0.29) is 11.7 Å². The number of amides is 1. The highest BCUT2D eigenvalue weighted by molar-refractivity contribution is 5.90. The smallest absolute Gasteiger partial charge is 0.225 e. The quantitative estimate of drug-likeness (QED) is 0.891. The molecule has 1 aliphatic rings. The number of rotatable bonds is 5. The normalized spacial score (nSPS) is 18.7. The highest BCUT2D eigenvalue weighted by Crippen LogP contribution is 2.26. The Morgan fingerprint density at radius 2 is 2.39 bits per heavy atom. The summed E-state index contributed by atoms with van der Waals surface area (Å²) >= 11 is 0. The first-order valence-corrected chi connectivity index (χ1v) is 7.97. The van der Waals surface area contributed by atoms with Crippen molar-refractivity contribution >= 4 is 11.6 Å². The summed E-state index contributed by atoms with van der Waals surface area (Å²) in [5.41, 5.74) is 1.74. The Morgan fingerprint density at radius 3 is 3.17 bits per heavy atom. The monoisotopic (exact) mass is 316 g/mol. The first-order valence-electron chi connectivity index (χ1n) is 7.97. The summed E-state index contributed by atoms with van der Waals surface area (Å²) in [6.07, 6.45) is 6.52. The molecule has 2 aromatic rings. The van der Waals surface area contributed by atoms with Gasteiger partial charge in [-0.1, -0.05) is 6.07 Å². The molecule has 1 aliphatic heterocycles. The molecule has 0 bridgehead atoms. The van der Waals surface area contributed by atoms with Crippen molar-refractivity contribution in [2.45, 2.75) is 25.2 Å². The minimum Gasteiger partial charge on any atom is -0.326 e. The molecule has 2 heterocycles. The maximum atomic E-state index is 13.1. The Kier molecular flexibility index (Phi) is 5.02. The lowest BCUT2D eigenvalue weighted by Crippen LogP contribution is -2.36. The third-order valence-corrected chi connectivity index (χ3v) is 4.26. The second-order valence-corrected chi connectivity index (χ2v) is 5.98. The standard InChI is InChI=1S/C17H21FN4O/c18-15-4-1-5-16(9-15)21-17(23)6-8-22-7-2-3-13(12-22)14-10-19-20-11-14/h1,4-5,9-11,13H,2-3,6-8,12H2,(H,19,20)(H,21,23). The van der Waals surface area contributed by atoms with E-state index in [0.29, 0.717) is 18.0 Å². The van der Waals surface area contributed by atoms with Gasteiger partial charge in [0, 0.05) is 31.4 Å². The van der Waals surface area contributed by atoms with Gasteiger partial charge >= 0.3 is 0 Å². The van der Waals surface area contributed by atoms with E-state index < -0.39 is 0 Å². The van der Waals surface area contributed by atoms with Crippen molar-refractivity contribution in [3.63, 3.8) is 0 Å². The fourth-order valence-electron chi connectivity index (χ4n) is 3.06. The molecule has 0 radical (unpaired) electrons. The molecule has 0 spiro atoms. The van der Waals surface area contributed by atoms with Crippen molar-refractivity contribution in [3.05, 3.63) is 48.0 Å². The summed E-state index contributed by atoms with van der Waals surface area (Å²) in [7, 11) is 0. The molecule has 23 heavy (non-hydrogen) atoms. The summed E-state index contributed by atoms with van der Waals surface area (Å²) in [6, 6.07) is 5.97. The topological polar surface area (TPSA) is 61.0 Å². The van der Waals surface area contributed by atoms with Crippen LogP contribution in [0.25, 0.3) is 0 Å². The third kappa shape index (κ3) is 4.39. The molecule has 1 saturated heterocycles. The molecule has 1 fully saturated rings. The minimum atomic E-state index is -0.346. The lowest BCUT2D eigenvalue weighted by Gasteiger charge is -2.32. The first kappa shape index (κ1) is 15.7. The van der Waals surface area contributed by atoms with Gasteiger partial charge in [0.2, 0.25) is 5.91 Å². The summed E-state index contributed by atoms with van der Waals surface area (Å²) in [6.45, 7) is 2.68. The van der Waals surface area contributed by atoms with Crippen LogP contribution < -0.4 is 5.32 Å². The zero-order valence-electron chi connectivity index (χ0n) is 13.0. The fourth-order valence-corrected chi connectivity index (χ4v) is 3.06.